The number of fused-ring (bicyclic) bond motifs is 1. The molecule has 0 spiro atoms. The van der Waals surface area contributed by atoms with Gasteiger partial charge in [-0.2, -0.15) is 0 Å². The third kappa shape index (κ3) is 1.19. The Morgan fingerprint density at radius 2 is 2.42 bits per heavy atom. The Morgan fingerprint density at radius 1 is 1.50 bits per heavy atom. The van der Waals surface area contributed by atoms with Crippen LogP contribution in [-0.4, -0.2) is 21.7 Å². The molecule has 0 aliphatic carbocycles. The second kappa shape index (κ2) is 2.95. The number of nitrogens with one attached hydrogen (secondary N) is 1. The fraction of sp³-hybridized carbons (Fsp3) is 0.222. The van der Waals surface area contributed by atoms with Crippen molar-refractivity contribution >= 4 is 11.0 Å². The zero-order valence-electron chi connectivity index (χ0n) is 6.62. The molecule has 0 saturated heterocycles. The van der Waals surface area contributed by atoms with Crippen LogP contribution >= 0.6 is 0 Å². The van der Waals surface area contributed by atoms with Crippen LogP contribution < -0.4 is 0 Å². The zero-order valence-corrected chi connectivity index (χ0v) is 6.62. The molecule has 0 amide bonds. The molecule has 0 bridgehead atoms. The minimum Gasteiger partial charge on any atom is -0.396 e. The molecule has 2 rings (SSSR count). The molecule has 0 aliphatic rings. The Labute approximate surface area is 70.1 Å². The molecule has 2 N–H and O–H groups in total. The van der Waals surface area contributed by atoms with Gasteiger partial charge in [-0.1, -0.05) is 0 Å². The summed E-state index contributed by atoms with van der Waals surface area (Å²) < 4.78 is 0. The Morgan fingerprint density at radius 3 is 3.25 bits per heavy atom. The second-order valence-corrected chi connectivity index (χ2v) is 2.73. The van der Waals surface area contributed by atoms with E-state index >= 15 is 0 Å². The average molecular weight is 162 g/mol. The summed E-state index contributed by atoms with van der Waals surface area (Å²) in [7, 11) is 0. The lowest BCUT2D eigenvalue weighted by atomic mass is 10.2. The van der Waals surface area contributed by atoms with Crippen molar-refractivity contribution in [3.8, 4) is 0 Å². The van der Waals surface area contributed by atoms with E-state index in [-0.39, 0.29) is 6.61 Å². The standard InChI is InChI=1S/C9H10N2O/c12-4-2-7-5-9-8(11-6-7)1-3-10-9/h1,3,5-6,10,12H,2,4H2. The molecule has 0 radical (unpaired) electrons. The fourth-order valence-electron chi connectivity index (χ4n) is 1.24. The summed E-state index contributed by atoms with van der Waals surface area (Å²) in [6.07, 6.45) is 4.33. The largest absolute Gasteiger partial charge is 0.396 e. The van der Waals surface area contributed by atoms with Crippen LogP contribution in [0, 0.1) is 0 Å². The maximum Gasteiger partial charge on any atom is 0.0878 e. The van der Waals surface area contributed by atoms with E-state index < -0.39 is 0 Å². The van der Waals surface area contributed by atoms with Gasteiger partial charge in [-0.3, -0.25) is 4.98 Å². The van der Waals surface area contributed by atoms with Crippen LogP contribution in [0.5, 0.6) is 0 Å². The van der Waals surface area contributed by atoms with Gasteiger partial charge < -0.3 is 10.1 Å². The van der Waals surface area contributed by atoms with Crippen LogP contribution in [0.4, 0.5) is 0 Å². The molecule has 0 saturated carbocycles. The number of aromatic amines is 1. The van der Waals surface area contributed by atoms with Gasteiger partial charge in [0.05, 0.1) is 11.0 Å². The predicted molar refractivity (Wildman–Crippen MR) is 46.9 cm³/mol. The lowest BCUT2D eigenvalue weighted by Crippen LogP contribution is -1.91. The van der Waals surface area contributed by atoms with Gasteiger partial charge in [0.15, 0.2) is 0 Å². The van der Waals surface area contributed by atoms with E-state index in [0.717, 1.165) is 16.6 Å². The number of H-pyrrole nitrogens is 1. The van der Waals surface area contributed by atoms with Crippen LogP contribution in [0.2, 0.25) is 0 Å². The molecule has 2 aromatic heterocycles. The lowest BCUT2D eigenvalue weighted by molar-refractivity contribution is 0.299. The van der Waals surface area contributed by atoms with Crippen LogP contribution in [0.3, 0.4) is 0 Å². The molecule has 3 heteroatoms. The topological polar surface area (TPSA) is 48.9 Å². The number of aliphatic hydroxyl groups excluding tert-OH is 1. The number of pyridine rings is 1. The monoisotopic (exact) mass is 162 g/mol. The lowest BCUT2D eigenvalue weighted by Gasteiger charge is -1.96. The molecule has 0 aromatic carbocycles. The van der Waals surface area contributed by atoms with Crippen molar-refractivity contribution in [2.75, 3.05) is 6.61 Å². The van der Waals surface area contributed by atoms with Gasteiger partial charge in [0, 0.05) is 19.0 Å². The highest BCUT2D eigenvalue weighted by Gasteiger charge is 1.96. The van der Waals surface area contributed by atoms with Crippen molar-refractivity contribution in [2.45, 2.75) is 6.42 Å². The summed E-state index contributed by atoms with van der Waals surface area (Å²) in [4.78, 5) is 7.29. The Bertz CT molecular complexity index is 381. The van der Waals surface area contributed by atoms with Gasteiger partial charge in [0.25, 0.3) is 0 Å². The summed E-state index contributed by atoms with van der Waals surface area (Å²) in [5.74, 6) is 0. The van der Waals surface area contributed by atoms with E-state index in [1.54, 1.807) is 6.20 Å². The first-order valence-electron chi connectivity index (χ1n) is 3.93. The molecular weight excluding hydrogens is 152 g/mol. The molecule has 0 fully saturated rings. The smallest absolute Gasteiger partial charge is 0.0878 e. The average Bonchev–Trinajstić information content (AvgIpc) is 2.51. The Balaban J connectivity index is 2.46. The van der Waals surface area contributed by atoms with Gasteiger partial charge in [-0.15, -0.1) is 0 Å². The van der Waals surface area contributed by atoms with E-state index in [0.29, 0.717) is 6.42 Å². The number of nitrogens with zero attached hydrogens (tertiary/aromatic N) is 1. The van der Waals surface area contributed by atoms with Crippen molar-refractivity contribution in [3.63, 3.8) is 0 Å². The van der Waals surface area contributed by atoms with Gasteiger partial charge >= 0.3 is 0 Å². The van der Waals surface area contributed by atoms with Crippen molar-refractivity contribution in [3.05, 3.63) is 30.1 Å². The van der Waals surface area contributed by atoms with Crippen LogP contribution in [0.1, 0.15) is 5.56 Å². The highest BCUT2D eigenvalue weighted by atomic mass is 16.2. The molecule has 0 unspecified atom stereocenters. The van der Waals surface area contributed by atoms with Crippen molar-refractivity contribution in [1.29, 1.82) is 0 Å². The number of aliphatic hydroxyl groups is 1. The quantitative estimate of drug-likeness (QED) is 0.694. The highest BCUT2D eigenvalue weighted by Crippen LogP contribution is 2.10. The summed E-state index contributed by atoms with van der Waals surface area (Å²) in [5.41, 5.74) is 3.06. The first kappa shape index (κ1) is 7.31. The first-order chi connectivity index (χ1) is 5.90. The van der Waals surface area contributed by atoms with Gasteiger partial charge in [0.2, 0.25) is 0 Å². The highest BCUT2D eigenvalue weighted by molar-refractivity contribution is 5.74. The van der Waals surface area contributed by atoms with E-state index in [1.807, 2.05) is 18.3 Å². The number of hydrogen-bond donors (Lipinski definition) is 2. The molecular formula is C9H10N2O. The van der Waals surface area contributed by atoms with E-state index in [9.17, 15) is 0 Å². The molecule has 2 heterocycles. The SMILES string of the molecule is OCCc1cnc2cc[nH]c2c1. The summed E-state index contributed by atoms with van der Waals surface area (Å²) in [6.45, 7) is 0.174. The van der Waals surface area contributed by atoms with Gasteiger partial charge in [-0.05, 0) is 24.1 Å². The first-order valence-corrected chi connectivity index (χ1v) is 3.93. The minimum atomic E-state index is 0.174. The van der Waals surface area contributed by atoms with E-state index in [2.05, 4.69) is 9.97 Å². The van der Waals surface area contributed by atoms with Gasteiger partial charge in [-0.25, -0.2) is 0 Å². The summed E-state index contributed by atoms with van der Waals surface area (Å²) >= 11 is 0. The predicted octanol–water partition coefficient (Wildman–Crippen LogP) is 1.10. The van der Waals surface area contributed by atoms with Gasteiger partial charge in [0.1, 0.15) is 0 Å². The third-order valence-corrected chi connectivity index (χ3v) is 1.86. The Hall–Kier alpha value is -1.35. The fourth-order valence-corrected chi connectivity index (χ4v) is 1.24. The summed E-state index contributed by atoms with van der Waals surface area (Å²) in [6, 6.07) is 3.94. The minimum absolute atomic E-state index is 0.174. The Kier molecular flexibility index (Phi) is 1.80. The van der Waals surface area contributed by atoms with Crippen LogP contribution in [0.25, 0.3) is 11.0 Å². The molecule has 0 aliphatic heterocycles. The zero-order chi connectivity index (χ0) is 8.39. The van der Waals surface area contributed by atoms with E-state index in [4.69, 9.17) is 5.11 Å². The maximum atomic E-state index is 8.70. The van der Waals surface area contributed by atoms with Crippen molar-refractivity contribution < 1.29 is 5.11 Å². The summed E-state index contributed by atoms with van der Waals surface area (Å²) in [5, 5.41) is 8.70. The maximum absolute atomic E-state index is 8.70. The second-order valence-electron chi connectivity index (χ2n) is 2.73. The number of rotatable bonds is 2. The molecule has 62 valence electrons. The van der Waals surface area contributed by atoms with Crippen LogP contribution in [-0.2, 0) is 6.42 Å². The third-order valence-electron chi connectivity index (χ3n) is 1.86. The van der Waals surface area contributed by atoms with E-state index in [1.165, 1.54) is 0 Å². The molecule has 12 heavy (non-hydrogen) atoms. The molecule has 2 aromatic rings. The molecule has 0 atom stereocenters. The van der Waals surface area contributed by atoms with Crippen LogP contribution in [0.15, 0.2) is 24.5 Å². The van der Waals surface area contributed by atoms with Crippen molar-refractivity contribution in [1.82, 2.24) is 9.97 Å². The normalized spacial score (nSPS) is 10.8. The number of aromatic nitrogens is 2. The van der Waals surface area contributed by atoms with Crippen molar-refractivity contribution in [2.24, 2.45) is 0 Å². The molecule has 3 nitrogen and oxygen atoms in total. The number of hydrogen-bond acceptors (Lipinski definition) is 2.